The molecule has 3 rings (SSSR count). The lowest BCUT2D eigenvalue weighted by molar-refractivity contribution is -0.131. The Balaban J connectivity index is 1.54. The summed E-state index contributed by atoms with van der Waals surface area (Å²) in [6, 6.07) is 2.01. The molecular formula is C14H18N4OS. The van der Waals surface area contributed by atoms with Crippen LogP contribution in [0.15, 0.2) is 17.8 Å². The number of anilines is 1. The van der Waals surface area contributed by atoms with Gasteiger partial charge in [0.1, 0.15) is 17.0 Å². The smallest absolute Gasteiger partial charge is 0.224 e. The maximum absolute atomic E-state index is 12.1. The number of carbonyl (C=O) groups excluding carboxylic acids is 1. The first-order valence-electron chi connectivity index (χ1n) is 7.04. The molecule has 0 saturated carbocycles. The van der Waals surface area contributed by atoms with E-state index in [1.54, 1.807) is 17.7 Å². The second-order valence-corrected chi connectivity index (χ2v) is 5.87. The first kappa shape index (κ1) is 13.3. The van der Waals surface area contributed by atoms with Crippen LogP contribution in [0.4, 0.5) is 5.82 Å². The zero-order valence-electron chi connectivity index (χ0n) is 11.3. The van der Waals surface area contributed by atoms with E-state index >= 15 is 0 Å². The van der Waals surface area contributed by atoms with Crippen LogP contribution >= 0.6 is 11.3 Å². The van der Waals surface area contributed by atoms with E-state index < -0.39 is 0 Å². The Labute approximate surface area is 122 Å². The van der Waals surface area contributed by atoms with Crippen molar-refractivity contribution in [2.24, 2.45) is 0 Å². The van der Waals surface area contributed by atoms with E-state index in [9.17, 15) is 4.79 Å². The number of carbonyl (C=O) groups is 1. The summed E-state index contributed by atoms with van der Waals surface area (Å²) in [5.41, 5.74) is 0. The predicted octanol–water partition coefficient (Wildman–Crippen LogP) is 2.51. The number of rotatable bonds is 4. The van der Waals surface area contributed by atoms with Crippen LogP contribution in [-0.2, 0) is 4.79 Å². The molecular weight excluding hydrogens is 272 g/mol. The van der Waals surface area contributed by atoms with Crippen LogP contribution in [0.3, 0.4) is 0 Å². The van der Waals surface area contributed by atoms with Gasteiger partial charge in [0.05, 0.1) is 5.39 Å². The van der Waals surface area contributed by atoms with Gasteiger partial charge in [-0.25, -0.2) is 9.97 Å². The normalized spacial score (nSPS) is 15.5. The Morgan fingerprint density at radius 3 is 3.00 bits per heavy atom. The lowest BCUT2D eigenvalue weighted by Gasteiger charge is -2.26. The molecule has 2 aromatic rings. The number of hydrogen-bond donors (Lipinski definition) is 1. The highest BCUT2D eigenvalue weighted by molar-refractivity contribution is 7.16. The second-order valence-electron chi connectivity index (χ2n) is 4.98. The fourth-order valence-corrected chi connectivity index (χ4v) is 3.25. The average molecular weight is 290 g/mol. The lowest BCUT2D eigenvalue weighted by atomic mass is 10.1. The van der Waals surface area contributed by atoms with Crippen LogP contribution in [0, 0.1) is 0 Å². The molecule has 106 valence electrons. The van der Waals surface area contributed by atoms with Crippen LogP contribution < -0.4 is 5.32 Å². The summed E-state index contributed by atoms with van der Waals surface area (Å²) >= 11 is 1.60. The minimum atomic E-state index is 0.243. The van der Waals surface area contributed by atoms with Gasteiger partial charge in [-0.2, -0.15) is 0 Å². The van der Waals surface area contributed by atoms with Crippen LogP contribution in [0.2, 0.25) is 0 Å². The Bertz CT molecular complexity index is 592. The Morgan fingerprint density at radius 2 is 2.15 bits per heavy atom. The first-order valence-corrected chi connectivity index (χ1v) is 7.92. The number of amides is 1. The molecule has 0 unspecified atom stereocenters. The molecule has 0 spiro atoms. The van der Waals surface area contributed by atoms with Gasteiger partial charge in [0.15, 0.2) is 0 Å². The zero-order chi connectivity index (χ0) is 13.8. The predicted molar refractivity (Wildman–Crippen MR) is 81.0 cm³/mol. The quantitative estimate of drug-likeness (QED) is 0.940. The minimum Gasteiger partial charge on any atom is -0.369 e. The zero-order valence-corrected chi connectivity index (χ0v) is 12.2. The van der Waals surface area contributed by atoms with Crippen LogP contribution in [0.25, 0.3) is 10.2 Å². The van der Waals surface area contributed by atoms with Crippen molar-refractivity contribution in [3.8, 4) is 0 Å². The Hall–Kier alpha value is -1.69. The average Bonchev–Trinajstić information content (AvgIpc) is 2.97. The van der Waals surface area contributed by atoms with Crippen molar-refractivity contribution >= 4 is 33.3 Å². The van der Waals surface area contributed by atoms with Gasteiger partial charge in [-0.05, 0) is 30.7 Å². The van der Waals surface area contributed by atoms with Gasteiger partial charge in [0, 0.05) is 26.1 Å². The standard InChI is InChI=1S/C14H18N4OS/c19-12(18-7-2-1-3-8-18)4-6-15-13-11-5-9-20-14(11)17-10-16-13/h5,9-10H,1-4,6-8H2,(H,15,16,17). The molecule has 1 aliphatic heterocycles. The number of fused-ring (bicyclic) bond motifs is 1. The molecule has 0 aromatic carbocycles. The number of nitrogens with one attached hydrogen (secondary N) is 1. The van der Waals surface area contributed by atoms with E-state index in [1.807, 2.05) is 16.3 Å². The highest BCUT2D eigenvalue weighted by Crippen LogP contribution is 2.23. The third-order valence-corrected chi connectivity index (χ3v) is 4.42. The van der Waals surface area contributed by atoms with E-state index in [1.165, 1.54) is 6.42 Å². The van der Waals surface area contributed by atoms with Gasteiger partial charge in [0.25, 0.3) is 0 Å². The molecule has 20 heavy (non-hydrogen) atoms. The van der Waals surface area contributed by atoms with Gasteiger partial charge in [0.2, 0.25) is 5.91 Å². The van der Waals surface area contributed by atoms with Gasteiger partial charge in [-0.3, -0.25) is 4.79 Å². The maximum Gasteiger partial charge on any atom is 0.224 e. The summed E-state index contributed by atoms with van der Waals surface area (Å²) in [7, 11) is 0. The minimum absolute atomic E-state index is 0.243. The van der Waals surface area contributed by atoms with Crippen molar-refractivity contribution in [3.05, 3.63) is 17.8 Å². The van der Waals surface area contributed by atoms with Crippen LogP contribution in [-0.4, -0.2) is 40.4 Å². The monoisotopic (exact) mass is 290 g/mol. The van der Waals surface area contributed by atoms with E-state index in [4.69, 9.17) is 0 Å². The second kappa shape index (κ2) is 6.17. The summed E-state index contributed by atoms with van der Waals surface area (Å²) in [6.45, 7) is 2.46. The molecule has 0 aliphatic carbocycles. The number of hydrogen-bond acceptors (Lipinski definition) is 5. The first-order chi connectivity index (χ1) is 9.84. The summed E-state index contributed by atoms with van der Waals surface area (Å²) in [6.07, 6.45) is 5.61. The van der Waals surface area contributed by atoms with Crippen LogP contribution in [0.5, 0.6) is 0 Å². The van der Waals surface area contributed by atoms with Gasteiger partial charge in [-0.15, -0.1) is 11.3 Å². The number of thiophene rings is 1. The third kappa shape index (κ3) is 2.90. The molecule has 0 bridgehead atoms. The molecule has 1 fully saturated rings. The molecule has 6 heteroatoms. The van der Waals surface area contributed by atoms with Crippen molar-refractivity contribution in [2.45, 2.75) is 25.7 Å². The summed E-state index contributed by atoms with van der Waals surface area (Å²) in [5.74, 6) is 1.07. The van der Waals surface area contributed by atoms with E-state index in [2.05, 4.69) is 15.3 Å². The number of piperidine rings is 1. The fraction of sp³-hybridized carbons (Fsp3) is 0.500. The van der Waals surface area contributed by atoms with Gasteiger partial charge in [-0.1, -0.05) is 0 Å². The van der Waals surface area contributed by atoms with E-state index in [-0.39, 0.29) is 5.91 Å². The Morgan fingerprint density at radius 1 is 1.30 bits per heavy atom. The van der Waals surface area contributed by atoms with Crippen molar-refractivity contribution < 1.29 is 4.79 Å². The summed E-state index contributed by atoms with van der Waals surface area (Å²) in [5, 5.41) is 6.29. The number of nitrogens with zero attached hydrogens (tertiary/aromatic N) is 3. The molecule has 0 radical (unpaired) electrons. The molecule has 0 atom stereocenters. The van der Waals surface area contributed by atoms with Crippen molar-refractivity contribution in [1.82, 2.24) is 14.9 Å². The molecule has 1 aliphatic rings. The lowest BCUT2D eigenvalue weighted by Crippen LogP contribution is -2.36. The maximum atomic E-state index is 12.1. The topological polar surface area (TPSA) is 58.1 Å². The molecule has 3 heterocycles. The van der Waals surface area contributed by atoms with E-state index in [0.29, 0.717) is 13.0 Å². The summed E-state index contributed by atoms with van der Waals surface area (Å²) in [4.78, 5) is 23.5. The fourth-order valence-electron chi connectivity index (χ4n) is 2.52. The van der Waals surface area contributed by atoms with Crippen molar-refractivity contribution in [1.29, 1.82) is 0 Å². The Kier molecular flexibility index (Phi) is 4.11. The molecule has 1 saturated heterocycles. The summed E-state index contributed by atoms with van der Waals surface area (Å²) < 4.78 is 0. The molecule has 1 amide bonds. The molecule has 2 aromatic heterocycles. The van der Waals surface area contributed by atoms with Crippen molar-refractivity contribution in [3.63, 3.8) is 0 Å². The highest BCUT2D eigenvalue weighted by Gasteiger charge is 2.15. The highest BCUT2D eigenvalue weighted by atomic mass is 32.1. The SMILES string of the molecule is O=C(CCNc1ncnc2sccc12)N1CCCCC1. The molecule has 1 N–H and O–H groups in total. The van der Waals surface area contributed by atoms with Gasteiger partial charge < -0.3 is 10.2 Å². The number of aromatic nitrogens is 2. The van der Waals surface area contributed by atoms with Crippen molar-refractivity contribution in [2.75, 3.05) is 25.0 Å². The third-order valence-electron chi connectivity index (χ3n) is 3.60. The largest absolute Gasteiger partial charge is 0.369 e. The van der Waals surface area contributed by atoms with Crippen LogP contribution in [0.1, 0.15) is 25.7 Å². The van der Waals surface area contributed by atoms with Gasteiger partial charge >= 0.3 is 0 Å². The van der Waals surface area contributed by atoms with E-state index in [0.717, 1.165) is 42.0 Å². The molecule has 5 nitrogen and oxygen atoms in total. The number of likely N-dealkylation sites (tertiary alicyclic amines) is 1.